The summed E-state index contributed by atoms with van der Waals surface area (Å²) in [6.07, 6.45) is 1.39. The Kier molecular flexibility index (Phi) is 6.56. The van der Waals surface area contributed by atoms with Gasteiger partial charge < -0.3 is 10.4 Å². The average molecular weight is 278 g/mol. The average Bonchev–Trinajstić information content (AvgIpc) is 2.41. The molecule has 0 saturated carbocycles. The Hall–Kier alpha value is -2.04. The zero-order valence-electron chi connectivity index (χ0n) is 12.1. The molecule has 0 aromatic heterocycles. The standard InChI is InChI=1S/C15H22N2O3/c1-3-17(13-9-5-4-8-12(13)2)15(20)16-11-7-6-10-14(18)19/h4-5,8-9H,3,6-7,10-11H2,1-2H3,(H,16,20)(H,18,19). The van der Waals surface area contributed by atoms with E-state index in [2.05, 4.69) is 5.32 Å². The quantitative estimate of drug-likeness (QED) is 0.753. The van der Waals surface area contributed by atoms with Crippen LogP contribution in [0.25, 0.3) is 0 Å². The Balaban J connectivity index is 2.48. The van der Waals surface area contributed by atoms with Gasteiger partial charge in [0, 0.05) is 25.2 Å². The number of rotatable bonds is 7. The molecule has 110 valence electrons. The van der Waals surface area contributed by atoms with Crippen molar-refractivity contribution in [3.63, 3.8) is 0 Å². The lowest BCUT2D eigenvalue weighted by molar-refractivity contribution is -0.137. The van der Waals surface area contributed by atoms with Crippen LogP contribution in [0.2, 0.25) is 0 Å². The van der Waals surface area contributed by atoms with Crippen molar-refractivity contribution < 1.29 is 14.7 Å². The highest BCUT2D eigenvalue weighted by atomic mass is 16.4. The summed E-state index contributed by atoms with van der Waals surface area (Å²) in [5.41, 5.74) is 1.95. The number of anilines is 1. The van der Waals surface area contributed by atoms with Gasteiger partial charge in [-0.2, -0.15) is 0 Å². The van der Waals surface area contributed by atoms with Crippen molar-refractivity contribution in [2.24, 2.45) is 0 Å². The maximum absolute atomic E-state index is 12.1. The largest absolute Gasteiger partial charge is 0.481 e. The van der Waals surface area contributed by atoms with Crippen LogP contribution in [0.3, 0.4) is 0 Å². The Morgan fingerprint density at radius 2 is 1.95 bits per heavy atom. The van der Waals surface area contributed by atoms with Crippen LogP contribution in [-0.2, 0) is 4.79 Å². The second-order valence-electron chi connectivity index (χ2n) is 4.61. The normalized spacial score (nSPS) is 10.1. The number of urea groups is 1. The molecule has 0 aliphatic heterocycles. The van der Waals surface area contributed by atoms with E-state index < -0.39 is 5.97 Å². The lowest BCUT2D eigenvalue weighted by Gasteiger charge is -2.23. The van der Waals surface area contributed by atoms with Gasteiger partial charge in [-0.3, -0.25) is 9.69 Å². The first-order valence-electron chi connectivity index (χ1n) is 6.89. The Morgan fingerprint density at radius 3 is 2.55 bits per heavy atom. The summed E-state index contributed by atoms with van der Waals surface area (Å²) in [6, 6.07) is 7.60. The summed E-state index contributed by atoms with van der Waals surface area (Å²) >= 11 is 0. The molecule has 1 rings (SSSR count). The van der Waals surface area contributed by atoms with Gasteiger partial charge in [-0.15, -0.1) is 0 Å². The molecule has 0 unspecified atom stereocenters. The molecule has 0 aliphatic carbocycles. The van der Waals surface area contributed by atoms with Gasteiger partial charge in [-0.1, -0.05) is 18.2 Å². The lowest BCUT2D eigenvalue weighted by Crippen LogP contribution is -2.40. The number of carbonyl (C=O) groups is 2. The minimum Gasteiger partial charge on any atom is -0.481 e. The van der Waals surface area contributed by atoms with Crippen molar-refractivity contribution in [1.82, 2.24) is 5.32 Å². The molecule has 5 nitrogen and oxygen atoms in total. The fourth-order valence-electron chi connectivity index (χ4n) is 1.98. The first kappa shape index (κ1) is 16.0. The van der Waals surface area contributed by atoms with Crippen LogP contribution >= 0.6 is 0 Å². The van der Waals surface area contributed by atoms with E-state index in [1.54, 1.807) is 4.90 Å². The number of unbranched alkanes of at least 4 members (excludes halogenated alkanes) is 1. The third-order valence-corrected chi connectivity index (χ3v) is 3.06. The minimum absolute atomic E-state index is 0.142. The molecule has 0 spiro atoms. The van der Waals surface area contributed by atoms with Crippen molar-refractivity contribution >= 4 is 17.7 Å². The number of carboxylic acids is 1. The minimum atomic E-state index is -0.800. The number of hydrogen-bond acceptors (Lipinski definition) is 2. The summed E-state index contributed by atoms with van der Waals surface area (Å²) in [4.78, 5) is 24.2. The molecule has 20 heavy (non-hydrogen) atoms. The number of amides is 2. The zero-order valence-corrected chi connectivity index (χ0v) is 12.1. The monoisotopic (exact) mass is 278 g/mol. The van der Waals surface area contributed by atoms with Gasteiger partial charge in [0.05, 0.1) is 0 Å². The number of aryl methyl sites for hydroxylation is 1. The van der Waals surface area contributed by atoms with E-state index in [0.29, 0.717) is 25.9 Å². The van der Waals surface area contributed by atoms with E-state index >= 15 is 0 Å². The third-order valence-electron chi connectivity index (χ3n) is 3.06. The van der Waals surface area contributed by atoms with Gasteiger partial charge in [-0.25, -0.2) is 4.79 Å². The summed E-state index contributed by atoms with van der Waals surface area (Å²) in [5.74, 6) is -0.800. The SMILES string of the molecule is CCN(C(=O)NCCCCC(=O)O)c1ccccc1C. The first-order valence-corrected chi connectivity index (χ1v) is 6.89. The van der Waals surface area contributed by atoms with Gasteiger partial charge in [0.15, 0.2) is 0 Å². The fraction of sp³-hybridized carbons (Fsp3) is 0.467. The second kappa shape index (κ2) is 8.19. The number of aliphatic carboxylic acids is 1. The number of benzene rings is 1. The van der Waals surface area contributed by atoms with E-state index in [0.717, 1.165) is 11.3 Å². The summed E-state index contributed by atoms with van der Waals surface area (Å²) in [6.45, 7) is 4.98. The molecule has 0 saturated heterocycles. The lowest BCUT2D eigenvalue weighted by atomic mass is 10.2. The molecular weight excluding hydrogens is 256 g/mol. The molecule has 2 amide bonds. The number of carbonyl (C=O) groups excluding carboxylic acids is 1. The Bertz CT molecular complexity index is 460. The van der Waals surface area contributed by atoms with Crippen LogP contribution in [0.15, 0.2) is 24.3 Å². The van der Waals surface area contributed by atoms with Crippen molar-refractivity contribution in [3.8, 4) is 0 Å². The van der Waals surface area contributed by atoms with Crippen LogP contribution in [-0.4, -0.2) is 30.2 Å². The van der Waals surface area contributed by atoms with Crippen LogP contribution in [0.5, 0.6) is 0 Å². The molecule has 5 heteroatoms. The van der Waals surface area contributed by atoms with Crippen molar-refractivity contribution in [2.45, 2.75) is 33.1 Å². The first-order chi connectivity index (χ1) is 9.56. The molecule has 2 N–H and O–H groups in total. The van der Waals surface area contributed by atoms with Gasteiger partial charge in [0.1, 0.15) is 0 Å². The van der Waals surface area contributed by atoms with Crippen LogP contribution in [0.1, 0.15) is 31.7 Å². The zero-order chi connectivity index (χ0) is 15.0. The third kappa shape index (κ3) is 4.91. The topological polar surface area (TPSA) is 69.6 Å². The van der Waals surface area contributed by atoms with Crippen LogP contribution in [0.4, 0.5) is 10.5 Å². The van der Waals surface area contributed by atoms with Crippen LogP contribution < -0.4 is 10.2 Å². The highest BCUT2D eigenvalue weighted by Gasteiger charge is 2.14. The van der Waals surface area contributed by atoms with Crippen molar-refractivity contribution in [2.75, 3.05) is 18.0 Å². The molecular formula is C15H22N2O3. The summed E-state index contributed by atoms with van der Waals surface area (Å²) < 4.78 is 0. The van der Waals surface area contributed by atoms with E-state index in [4.69, 9.17) is 5.11 Å². The maximum Gasteiger partial charge on any atom is 0.321 e. The summed E-state index contributed by atoms with van der Waals surface area (Å²) in [7, 11) is 0. The molecule has 0 atom stereocenters. The van der Waals surface area contributed by atoms with E-state index in [-0.39, 0.29) is 12.5 Å². The maximum atomic E-state index is 12.1. The van der Waals surface area contributed by atoms with Gasteiger partial charge in [-0.05, 0) is 38.3 Å². The van der Waals surface area contributed by atoms with Gasteiger partial charge in [0.2, 0.25) is 0 Å². The van der Waals surface area contributed by atoms with E-state index in [1.807, 2.05) is 38.1 Å². The predicted octanol–water partition coefficient (Wildman–Crippen LogP) is 2.79. The van der Waals surface area contributed by atoms with Gasteiger partial charge >= 0.3 is 12.0 Å². The Morgan fingerprint density at radius 1 is 1.25 bits per heavy atom. The number of hydrogen-bond donors (Lipinski definition) is 2. The van der Waals surface area contributed by atoms with Crippen LogP contribution in [0, 0.1) is 6.92 Å². The molecule has 0 heterocycles. The highest BCUT2D eigenvalue weighted by molar-refractivity contribution is 5.92. The molecule has 0 bridgehead atoms. The molecule has 1 aromatic carbocycles. The predicted molar refractivity (Wildman–Crippen MR) is 79.1 cm³/mol. The van der Waals surface area contributed by atoms with E-state index in [1.165, 1.54) is 0 Å². The second-order valence-corrected chi connectivity index (χ2v) is 4.61. The number of nitrogens with one attached hydrogen (secondary N) is 1. The highest BCUT2D eigenvalue weighted by Crippen LogP contribution is 2.19. The molecule has 0 radical (unpaired) electrons. The summed E-state index contributed by atoms with van der Waals surface area (Å²) in [5, 5.41) is 11.4. The fourth-order valence-corrected chi connectivity index (χ4v) is 1.98. The Labute approximate surface area is 119 Å². The van der Waals surface area contributed by atoms with Crippen molar-refractivity contribution in [3.05, 3.63) is 29.8 Å². The number of nitrogens with zero attached hydrogens (tertiary/aromatic N) is 1. The number of para-hydroxylation sites is 1. The molecule has 1 aromatic rings. The molecule has 0 aliphatic rings. The van der Waals surface area contributed by atoms with Crippen molar-refractivity contribution in [1.29, 1.82) is 0 Å². The smallest absolute Gasteiger partial charge is 0.321 e. The van der Waals surface area contributed by atoms with E-state index in [9.17, 15) is 9.59 Å². The number of carboxylic acid groups (broad SMARTS) is 1. The van der Waals surface area contributed by atoms with Gasteiger partial charge in [0.25, 0.3) is 0 Å². The molecule has 0 fully saturated rings.